The van der Waals surface area contributed by atoms with E-state index in [4.69, 9.17) is 8.85 Å². The van der Waals surface area contributed by atoms with Crippen LogP contribution >= 0.6 is 0 Å². The highest BCUT2D eigenvalue weighted by Crippen LogP contribution is 2.12. The monoisotopic (exact) mass is 375 g/mol. The summed E-state index contributed by atoms with van der Waals surface area (Å²) in [4.78, 5) is 7.50. The van der Waals surface area contributed by atoms with E-state index in [0.29, 0.717) is 0 Å². The van der Waals surface area contributed by atoms with Gasteiger partial charge in [0.2, 0.25) is 0 Å². The Bertz CT molecular complexity index is 286. The Morgan fingerprint density at radius 3 is 1.48 bits per heavy atom. The summed E-state index contributed by atoms with van der Waals surface area (Å²) in [5.41, 5.74) is 0. The molecule has 0 aromatic heterocycles. The van der Waals surface area contributed by atoms with E-state index in [2.05, 4.69) is 49.2 Å². The highest BCUT2D eigenvalue weighted by molar-refractivity contribution is 6.66. The fourth-order valence-electron chi connectivity index (χ4n) is 3.10. The largest absolute Gasteiger partial charge is 0.398 e. The smallest absolute Gasteiger partial charge is 0.335 e. The molecule has 0 bridgehead atoms. The number of hydrogen-bond acceptors (Lipinski definition) is 5. The summed E-state index contributed by atoms with van der Waals surface area (Å²) in [5.74, 6) is 0. The molecular weight excluding hydrogens is 330 g/mol. The normalized spacial score (nSPS) is 12.7. The van der Waals surface area contributed by atoms with Gasteiger partial charge in [0.05, 0.1) is 0 Å². The van der Waals surface area contributed by atoms with E-state index in [0.717, 1.165) is 12.6 Å². The first kappa shape index (κ1) is 25.0. The predicted octanol–water partition coefficient (Wildman–Crippen LogP) is 3.12. The summed E-state index contributed by atoms with van der Waals surface area (Å²) < 4.78 is 11.3. The lowest BCUT2D eigenvalue weighted by atomic mass is 10.3. The molecule has 0 saturated carbocycles. The Labute approximate surface area is 158 Å². The minimum atomic E-state index is -1.97. The molecular formula is C19H45N3O2Si. The van der Waals surface area contributed by atoms with Crippen LogP contribution in [0.1, 0.15) is 39.5 Å². The molecule has 0 unspecified atom stereocenters. The third-order valence-electron chi connectivity index (χ3n) is 4.98. The van der Waals surface area contributed by atoms with Gasteiger partial charge in [-0.25, -0.2) is 0 Å². The van der Waals surface area contributed by atoms with Gasteiger partial charge in [-0.15, -0.1) is 0 Å². The maximum atomic E-state index is 5.66. The van der Waals surface area contributed by atoms with Gasteiger partial charge in [-0.05, 0) is 85.6 Å². The summed E-state index contributed by atoms with van der Waals surface area (Å²) in [6.45, 7) is 14.8. The Balaban J connectivity index is 4.34. The van der Waals surface area contributed by atoms with E-state index in [1.54, 1.807) is 14.2 Å². The van der Waals surface area contributed by atoms with Crippen LogP contribution in [0.5, 0.6) is 0 Å². The lowest BCUT2D eigenvalue weighted by Crippen LogP contribution is -2.41. The van der Waals surface area contributed by atoms with Crippen molar-refractivity contribution in [2.24, 2.45) is 0 Å². The van der Waals surface area contributed by atoms with Crippen molar-refractivity contribution in [2.45, 2.75) is 52.1 Å². The fourth-order valence-corrected chi connectivity index (χ4v) is 4.40. The first-order valence-electron chi connectivity index (χ1n) is 10.1. The Morgan fingerprint density at radius 1 is 0.680 bits per heavy atom. The van der Waals surface area contributed by atoms with Crippen LogP contribution in [0.15, 0.2) is 0 Å². The molecule has 25 heavy (non-hydrogen) atoms. The second-order valence-electron chi connectivity index (χ2n) is 7.45. The van der Waals surface area contributed by atoms with Crippen molar-refractivity contribution in [1.29, 1.82) is 0 Å². The minimum absolute atomic E-state index is 1.04. The lowest BCUT2D eigenvalue weighted by molar-refractivity contribution is 0.214. The van der Waals surface area contributed by atoms with Gasteiger partial charge in [0, 0.05) is 26.8 Å². The summed E-state index contributed by atoms with van der Waals surface area (Å²) >= 11 is 0. The van der Waals surface area contributed by atoms with E-state index < -0.39 is 8.56 Å². The third-order valence-corrected chi connectivity index (χ3v) is 7.84. The van der Waals surface area contributed by atoms with Crippen molar-refractivity contribution in [3.05, 3.63) is 0 Å². The average Bonchev–Trinajstić information content (AvgIpc) is 2.59. The molecule has 0 aliphatic heterocycles. The van der Waals surface area contributed by atoms with Crippen LogP contribution in [0.4, 0.5) is 0 Å². The van der Waals surface area contributed by atoms with Crippen LogP contribution < -0.4 is 0 Å². The molecule has 0 heterocycles. The highest BCUT2D eigenvalue weighted by atomic mass is 28.4. The molecule has 0 N–H and O–H groups in total. The van der Waals surface area contributed by atoms with Gasteiger partial charge in [-0.2, -0.15) is 0 Å². The molecule has 0 aromatic rings. The van der Waals surface area contributed by atoms with Crippen molar-refractivity contribution in [1.82, 2.24) is 14.7 Å². The quantitative estimate of drug-likeness (QED) is 0.364. The van der Waals surface area contributed by atoms with Gasteiger partial charge in [0.1, 0.15) is 0 Å². The first-order chi connectivity index (χ1) is 11.9. The van der Waals surface area contributed by atoms with Gasteiger partial charge in [0.25, 0.3) is 0 Å². The van der Waals surface area contributed by atoms with Crippen molar-refractivity contribution >= 4 is 8.56 Å². The molecule has 0 saturated heterocycles. The van der Waals surface area contributed by atoms with Gasteiger partial charge in [0.15, 0.2) is 0 Å². The zero-order valence-corrected chi connectivity index (χ0v) is 19.1. The van der Waals surface area contributed by atoms with Crippen molar-refractivity contribution in [2.75, 3.05) is 74.1 Å². The second-order valence-corrected chi connectivity index (χ2v) is 11.0. The van der Waals surface area contributed by atoms with E-state index >= 15 is 0 Å². The number of rotatable bonds is 17. The van der Waals surface area contributed by atoms with Gasteiger partial charge >= 0.3 is 8.56 Å². The summed E-state index contributed by atoms with van der Waals surface area (Å²) in [7, 11) is 6.07. The zero-order chi connectivity index (χ0) is 19.1. The van der Waals surface area contributed by atoms with Crippen molar-refractivity contribution in [3.63, 3.8) is 0 Å². The maximum absolute atomic E-state index is 5.66. The van der Waals surface area contributed by atoms with E-state index in [9.17, 15) is 0 Å². The maximum Gasteiger partial charge on any atom is 0.335 e. The van der Waals surface area contributed by atoms with Crippen LogP contribution in [0, 0.1) is 0 Å². The van der Waals surface area contributed by atoms with Gasteiger partial charge < -0.3 is 23.6 Å². The summed E-state index contributed by atoms with van der Waals surface area (Å²) in [5, 5.41) is 0. The van der Waals surface area contributed by atoms with Crippen LogP contribution in [-0.2, 0) is 8.85 Å². The summed E-state index contributed by atoms with van der Waals surface area (Å²) in [6.07, 6.45) is 4.93. The Hall–Kier alpha value is 0.0169. The molecule has 0 aliphatic carbocycles. The number of nitrogens with zero attached hydrogens (tertiary/aromatic N) is 3. The van der Waals surface area contributed by atoms with Crippen molar-refractivity contribution in [3.8, 4) is 0 Å². The van der Waals surface area contributed by atoms with Crippen LogP contribution in [0.3, 0.4) is 0 Å². The molecule has 0 spiro atoms. The van der Waals surface area contributed by atoms with Gasteiger partial charge in [-0.3, -0.25) is 0 Å². The van der Waals surface area contributed by atoms with E-state index in [-0.39, 0.29) is 0 Å². The van der Waals surface area contributed by atoms with Crippen LogP contribution in [0.2, 0.25) is 12.6 Å². The molecule has 0 radical (unpaired) electrons. The standard InChI is InChI=1S/C19H45N3O2Si/c1-8-12-20(3)14-10-16-22(17-11-15-21(4)13-9-2)18-19-25(7,23-5)24-6/h8-19H2,1-7H3. The van der Waals surface area contributed by atoms with Crippen LogP contribution in [-0.4, -0.2) is 97.4 Å². The predicted molar refractivity (Wildman–Crippen MR) is 112 cm³/mol. The first-order valence-corrected chi connectivity index (χ1v) is 12.6. The molecule has 0 fully saturated rings. The highest BCUT2D eigenvalue weighted by Gasteiger charge is 2.29. The molecule has 152 valence electrons. The van der Waals surface area contributed by atoms with Gasteiger partial charge in [-0.1, -0.05) is 13.8 Å². The fraction of sp³-hybridized carbons (Fsp3) is 1.00. The topological polar surface area (TPSA) is 28.2 Å². The van der Waals surface area contributed by atoms with E-state index in [1.165, 1.54) is 65.0 Å². The molecule has 0 atom stereocenters. The second kappa shape index (κ2) is 15.1. The molecule has 0 amide bonds. The SMILES string of the molecule is CCCN(C)CCCN(CCCN(C)CCC)CC[Si](C)(OC)OC. The average molecular weight is 376 g/mol. The Morgan fingerprint density at radius 2 is 1.12 bits per heavy atom. The van der Waals surface area contributed by atoms with Crippen molar-refractivity contribution < 1.29 is 8.85 Å². The molecule has 0 rings (SSSR count). The Kier molecular flexibility index (Phi) is 15.1. The molecule has 5 nitrogen and oxygen atoms in total. The minimum Gasteiger partial charge on any atom is -0.398 e. The zero-order valence-electron chi connectivity index (χ0n) is 18.1. The van der Waals surface area contributed by atoms with E-state index in [1.807, 2.05) is 0 Å². The third kappa shape index (κ3) is 12.9. The number of hydrogen-bond donors (Lipinski definition) is 0. The summed E-state index contributed by atoms with van der Waals surface area (Å²) in [6, 6.07) is 1.04. The lowest BCUT2D eigenvalue weighted by Gasteiger charge is -2.29. The van der Waals surface area contributed by atoms with Crippen LogP contribution in [0.25, 0.3) is 0 Å². The molecule has 6 heteroatoms. The molecule has 0 aliphatic rings. The molecule has 0 aromatic carbocycles.